The van der Waals surface area contributed by atoms with Crippen molar-refractivity contribution in [1.29, 1.82) is 0 Å². The highest BCUT2D eigenvalue weighted by molar-refractivity contribution is 6.07. The van der Waals surface area contributed by atoms with Crippen molar-refractivity contribution >= 4 is 27.5 Å². The first kappa shape index (κ1) is 32.0. The van der Waals surface area contributed by atoms with Crippen LogP contribution in [0.15, 0.2) is 24.3 Å². The van der Waals surface area contributed by atoms with Crippen molar-refractivity contribution in [1.82, 2.24) is 14.9 Å². The molecule has 0 bridgehead atoms. The summed E-state index contributed by atoms with van der Waals surface area (Å²) in [5.41, 5.74) is -1.02. The third-order valence-corrected chi connectivity index (χ3v) is 11.1. The Hall–Kier alpha value is -4.27. The number of terminal acetylenes is 1. The number of hydrogen-bond acceptors (Lipinski definition) is 8. The van der Waals surface area contributed by atoms with Gasteiger partial charge in [-0.3, -0.25) is 4.90 Å². The number of anilines is 1. The number of halogens is 3. The standard InChI is InChI=1S/C38H39F3N4O4/c1-5-24-26(40)9-8-21-14-23(46)15-25(29(21)24)30-28(20(2)3)34-31-33(32(30)41)42-36(49-19-38-11-7-12-44(38)17-22(39)16-38)43-35(31)45-13-6-10-37(4,47)27(45)18-48-34/h1,8-9,14-15,20,22,27,46-47H,6-7,10-13,16-19H2,2-4H3/t22-,27-,37-,38+/m1/s1. The molecule has 3 aromatic carbocycles. The van der Waals surface area contributed by atoms with Crippen LogP contribution in [-0.4, -0.2) is 81.3 Å². The Bertz CT molecular complexity index is 2060. The van der Waals surface area contributed by atoms with Crippen molar-refractivity contribution in [2.24, 2.45) is 0 Å². The summed E-state index contributed by atoms with van der Waals surface area (Å²) in [6.45, 7) is 7.47. The molecular weight excluding hydrogens is 633 g/mol. The van der Waals surface area contributed by atoms with Crippen LogP contribution < -0.4 is 14.4 Å². The molecule has 256 valence electrons. The van der Waals surface area contributed by atoms with E-state index >= 15 is 8.78 Å². The lowest BCUT2D eigenvalue weighted by Crippen LogP contribution is -2.58. The maximum absolute atomic E-state index is 17.6. The Morgan fingerprint density at radius 1 is 1.14 bits per heavy atom. The summed E-state index contributed by atoms with van der Waals surface area (Å²) in [6, 6.07) is 4.99. The Balaban J connectivity index is 1.41. The molecule has 1 aromatic heterocycles. The predicted molar refractivity (Wildman–Crippen MR) is 181 cm³/mol. The quantitative estimate of drug-likeness (QED) is 0.229. The van der Waals surface area contributed by atoms with E-state index in [2.05, 4.69) is 15.8 Å². The lowest BCUT2D eigenvalue weighted by molar-refractivity contribution is -0.00682. The van der Waals surface area contributed by atoms with Crippen LogP contribution in [0, 0.1) is 24.0 Å². The zero-order valence-electron chi connectivity index (χ0n) is 27.8. The van der Waals surface area contributed by atoms with Crippen LogP contribution in [0.2, 0.25) is 0 Å². The van der Waals surface area contributed by atoms with Crippen molar-refractivity contribution in [2.45, 2.75) is 82.1 Å². The number of fused-ring (bicyclic) bond motifs is 4. The highest BCUT2D eigenvalue weighted by Crippen LogP contribution is 2.51. The van der Waals surface area contributed by atoms with Crippen LogP contribution in [0.4, 0.5) is 19.0 Å². The van der Waals surface area contributed by atoms with Crippen molar-refractivity contribution in [3.05, 3.63) is 47.0 Å². The minimum absolute atomic E-state index is 0.0582. The van der Waals surface area contributed by atoms with Gasteiger partial charge in [0.05, 0.1) is 28.1 Å². The van der Waals surface area contributed by atoms with Crippen LogP contribution in [0.5, 0.6) is 17.5 Å². The molecule has 8 nitrogen and oxygen atoms in total. The number of phenolic OH excluding ortho intramolecular Hbond substituents is 1. The monoisotopic (exact) mass is 672 g/mol. The SMILES string of the molecule is C#Cc1c(F)ccc2cc(O)cc(-c3c(C(C)C)c4c5c(nc(OC[C@@]67CCCN6C[C@H](F)C7)nc5c3F)N3CCC[C@@](C)(O)[C@H]3CO4)c12. The number of ether oxygens (including phenoxy) is 2. The number of aromatic nitrogens is 2. The molecule has 0 radical (unpaired) electrons. The Kier molecular flexibility index (Phi) is 7.43. The van der Waals surface area contributed by atoms with Gasteiger partial charge in [-0.05, 0) is 74.2 Å². The fourth-order valence-corrected chi connectivity index (χ4v) is 8.88. The Morgan fingerprint density at radius 3 is 2.71 bits per heavy atom. The molecule has 0 spiro atoms. The van der Waals surface area contributed by atoms with Gasteiger partial charge in [0.1, 0.15) is 48.0 Å². The average molecular weight is 673 g/mol. The van der Waals surface area contributed by atoms with E-state index in [1.807, 2.05) is 18.7 Å². The van der Waals surface area contributed by atoms with Crippen LogP contribution >= 0.6 is 0 Å². The molecule has 4 atom stereocenters. The Morgan fingerprint density at radius 2 is 1.94 bits per heavy atom. The van der Waals surface area contributed by atoms with Gasteiger partial charge >= 0.3 is 6.01 Å². The van der Waals surface area contributed by atoms with Gasteiger partial charge in [-0.2, -0.15) is 9.97 Å². The highest BCUT2D eigenvalue weighted by Gasteiger charge is 2.50. The minimum atomic E-state index is -1.14. The summed E-state index contributed by atoms with van der Waals surface area (Å²) in [5, 5.41) is 23.5. The molecule has 0 unspecified atom stereocenters. The van der Waals surface area contributed by atoms with Gasteiger partial charge in [0, 0.05) is 36.0 Å². The molecule has 3 fully saturated rings. The van der Waals surface area contributed by atoms with Gasteiger partial charge in [-0.15, -0.1) is 6.42 Å². The molecule has 2 N–H and O–H groups in total. The van der Waals surface area contributed by atoms with E-state index in [9.17, 15) is 14.6 Å². The van der Waals surface area contributed by atoms with E-state index in [4.69, 9.17) is 20.9 Å². The number of rotatable bonds is 5. The molecule has 4 aromatic rings. The maximum Gasteiger partial charge on any atom is 0.319 e. The average Bonchev–Trinajstić information content (AvgIpc) is 3.52. The van der Waals surface area contributed by atoms with Crippen LogP contribution in [-0.2, 0) is 0 Å². The lowest BCUT2D eigenvalue weighted by Gasteiger charge is -2.44. The normalized spacial score (nSPS) is 26.5. The van der Waals surface area contributed by atoms with E-state index in [0.717, 1.165) is 19.4 Å². The van der Waals surface area contributed by atoms with Crippen molar-refractivity contribution in [2.75, 3.05) is 37.7 Å². The molecule has 49 heavy (non-hydrogen) atoms. The largest absolute Gasteiger partial charge is 0.508 e. The van der Waals surface area contributed by atoms with Crippen molar-refractivity contribution in [3.63, 3.8) is 0 Å². The van der Waals surface area contributed by atoms with E-state index in [1.165, 1.54) is 24.3 Å². The smallest absolute Gasteiger partial charge is 0.319 e. The summed E-state index contributed by atoms with van der Waals surface area (Å²) in [7, 11) is 0. The predicted octanol–water partition coefficient (Wildman–Crippen LogP) is 6.61. The van der Waals surface area contributed by atoms with Gasteiger partial charge in [-0.1, -0.05) is 25.8 Å². The van der Waals surface area contributed by atoms with Gasteiger partial charge in [0.25, 0.3) is 0 Å². The third-order valence-electron chi connectivity index (χ3n) is 11.1. The summed E-state index contributed by atoms with van der Waals surface area (Å²) < 4.78 is 60.3. The molecule has 0 saturated carbocycles. The van der Waals surface area contributed by atoms with Crippen LogP contribution in [0.1, 0.15) is 69.9 Å². The molecule has 4 aliphatic heterocycles. The highest BCUT2D eigenvalue weighted by atomic mass is 19.1. The third kappa shape index (κ3) is 4.89. The van der Waals surface area contributed by atoms with Gasteiger partial charge in [-0.25, -0.2) is 13.2 Å². The number of phenols is 1. The molecule has 11 heteroatoms. The Labute approximate surface area is 282 Å². The maximum atomic E-state index is 17.6. The topological polar surface area (TPSA) is 91.2 Å². The van der Waals surface area contributed by atoms with Crippen LogP contribution in [0.3, 0.4) is 0 Å². The second-order valence-electron chi connectivity index (χ2n) is 14.6. The summed E-state index contributed by atoms with van der Waals surface area (Å²) >= 11 is 0. The number of alkyl halides is 1. The second kappa shape index (κ2) is 11.4. The number of aliphatic hydroxyl groups is 1. The van der Waals surface area contributed by atoms with E-state index in [-0.39, 0.29) is 58.5 Å². The zero-order valence-corrected chi connectivity index (χ0v) is 27.8. The second-order valence-corrected chi connectivity index (χ2v) is 14.6. The number of aromatic hydroxyl groups is 1. The first-order valence-corrected chi connectivity index (χ1v) is 17.1. The molecule has 4 aliphatic rings. The van der Waals surface area contributed by atoms with Crippen LogP contribution in [0.25, 0.3) is 32.8 Å². The van der Waals surface area contributed by atoms with E-state index in [1.54, 1.807) is 6.92 Å². The number of hydrogen-bond donors (Lipinski definition) is 2. The molecule has 5 heterocycles. The number of benzene rings is 3. The van der Waals surface area contributed by atoms with Crippen molar-refractivity contribution < 1.29 is 32.9 Å². The number of piperidine rings is 1. The molecular formula is C38H39F3N4O4. The zero-order chi connectivity index (χ0) is 34.4. The summed E-state index contributed by atoms with van der Waals surface area (Å²) in [6.07, 6.45) is 8.12. The van der Waals surface area contributed by atoms with E-state index in [0.29, 0.717) is 60.3 Å². The molecule has 0 aliphatic carbocycles. The van der Waals surface area contributed by atoms with Gasteiger partial charge < -0.3 is 24.6 Å². The molecule has 0 amide bonds. The van der Waals surface area contributed by atoms with Gasteiger partial charge in [0.15, 0.2) is 5.82 Å². The molecule has 8 rings (SSSR count). The fraction of sp³-hybridized carbons (Fsp3) is 0.474. The minimum Gasteiger partial charge on any atom is -0.508 e. The fourth-order valence-electron chi connectivity index (χ4n) is 8.88. The summed E-state index contributed by atoms with van der Waals surface area (Å²) in [4.78, 5) is 13.6. The molecule has 3 saturated heterocycles. The van der Waals surface area contributed by atoms with Gasteiger partial charge in [0.2, 0.25) is 0 Å². The summed E-state index contributed by atoms with van der Waals surface area (Å²) in [5.74, 6) is 1.30. The van der Waals surface area contributed by atoms with E-state index < -0.39 is 35.0 Å². The first-order chi connectivity index (χ1) is 23.4. The number of nitrogens with zero attached hydrogens (tertiary/aromatic N) is 4. The van der Waals surface area contributed by atoms with Crippen molar-refractivity contribution in [3.8, 4) is 41.0 Å². The first-order valence-electron chi connectivity index (χ1n) is 17.1. The lowest BCUT2D eigenvalue weighted by atomic mass is 9.85.